The van der Waals surface area contributed by atoms with Gasteiger partial charge in [-0.05, 0) is 69.9 Å². The highest BCUT2D eigenvalue weighted by molar-refractivity contribution is 7.97. The molecule has 2 nitrogen and oxygen atoms in total. The van der Waals surface area contributed by atoms with Crippen molar-refractivity contribution in [2.75, 3.05) is 31.1 Å². The number of hydrogen-bond acceptors (Lipinski definition) is 1. The molecule has 0 radical (unpaired) electrons. The molecule has 3 heterocycles. The van der Waals surface area contributed by atoms with Crippen molar-refractivity contribution < 1.29 is 0 Å². The Morgan fingerprint density at radius 1 is 0.741 bits per heavy atom. The molecule has 3 heteroatoms. The maximum absolute atomic E-state index is 2.66. The number of likely N-dealkylation sites (tertiary alicyclic amines) is 1. The highest BCUT2D eigenvalue weighted by Crippen LogP contribution is 2.33. The van der Waals surface area contributed by atoms with E-state index < -0.39 is 0 Å². The molecular weight excluding hydrogens is 348 g/mol. The average Bonchev–Trinajstić information content (AvgIpc) is 3.36. The van der Waals surface area contributed by atoms with Gasteiger partial charge in [-0.25, -0.2) is 0 Å². The van der Waals surface area contributed by atoms with Crippen molar-refractivity contribution in [1.82, 2.24) is 9.47 Å². The smallest absolute Gasteiger partial charge is 0.155 e. The lowest BCUT2D eigenvalue weighted by molar-refractivity contribution is 0.223. The molecule has 2 aliphatic rings. The largest absolute Gasteiger partial charge is 0.340 e. The number of para-hydroxylation sites is 1. The Labute approximate surface area is 165 Å². The molecule has 27 heavy (non-hydrogen) atoms. The monoisotopic (exact) mass is 379 g/mol. The van der Waals surface area contributed by atoms with E-state index in [-0.39, 0.29) is 0 Å². The fourth-order valence-corrected chi connectivity index (χ4v) is 7.30. The fraction of sp³-hybridized carbons (Fsp3) is 0.500. The lowest BCUT2D eigenvalue weighted by atomic mass is 10.1. The van der Waals surface area contributed by atoms with Crippen LogP contribution in [0.3, 0.4) is 0 Å². The number of aromatic nitrogens is 1. The highest BCUT2D eigenvalue weighted by Gasteiger charge is 2.27. The standard InChI is InChI=1S/C24H31N2S/c1-4-13-25(14-5-1)15-8-16-26-23-10-3-2-9-21(23)22-19-20(11-12-24(22)26)27-17-6-7-18-27/h2-3,9-12,19H,1,4-8,13-18H2/q+1. The van der Waals surface area contributed by atoms with E-state index in [9.17, 15) is 0 Å². The van der Waals surface area contributed by atoms with Crippen LogP contribution < -0.4 is 0 Å². The Morgan fingerprint density at radius 2 is 1.52 bits per heavy atom. The minimum Gasteiger partial charge on any atom is -0.340 e. The maximum Gasteiger partial charge on any atom is 0.155 e. The van der Waals surface area contributed by atoms with E-state index in [1.165, 1.54) is 91.5 Å². The highest BCUT2D eigenvalue weighted by atomic mass is 32.2. The minimum absolute atomic E-state index is 0.495. The second kappa shape index (κ2) is 7.89. The quantitative estimate of drug-likeness (QED) is 0.536. The molecule has 5 rings (SSSR count). The third-order valence-electron chi connectivity index (χ3n) is 6.41. The van der Waals surface area contributed by atoms with Gasteiger partial charge in [0.05, 0.1) is 0 Å². The van der Waals surface area contributed by atoms with E-state index in [1.807, 2.05) is 0 Å². The molecule has 0 aliphatic carbocycles. The van der Waals surface area contributed by atoms with Crippen LogP contribution in [0.5, 0.6) is 0 Å². The zero-order valence-corrected chi connectivity index (χ0v) is 17.1. The van der Waals surface area contributed by atoms with Crippen molar-refractivity contribution in [3.63, 3.8) is 0 Å². The average molecular weight is 380 g/mol. The van der Waals surface area contributed by atoms with Crippen LogP contribution >= 0.6 is 0 Å². The van der Waals surface area contributed by atoms with Crippen molar-refractivity contribution >= 4 is 32.7 Å². The van der Waals surface area contributed by atoms with Crippen molar-refractivity contribution in [3.05, 3.63) is 42.5 Å². The summed E-state index contributed by atoms with van der Waals surface area (Å²) in [5.41, 5.74) is 2.85. The van der Waals surface area contributed by atoms with Gasteiger partial charge in [0, 0.05) is 45.3 Å². The van der Waals surface area contributed by atoms with Crippen LogP contribution in [-0.2, 0) is 17.4 Å². The van der Waals surface area contributed by atoms with E-state index >= 15 is 0 Å². The first kappa shape index (κ1) is 17.6. The first-order valence-corrected chi connectivity index (χ1v) is 12.4. The van der Waals surface area contributed by atoms with Crippen LogP contribution in [-0.4, -0.2) is 40.6 Å². The molecule has 142 valence electrons. The zero-order chi connectivity index (χ0) is 18.1. The summed E-state index contributed by atoms with van der Waals surface area (Å²) in [5, 5.41) is 2.91. The Bertz CT molecular complexity index is 917. The van der Waals surface area contributed by atoms with Crippen molar-refractivity contribution in [2.24, 2.45) is 0 Å². The van der Waals surface area contributed by atoms with Gasteiger partial charge < -0.3 is 9.47 Å². The summed E-state index contributed by atoms with van der Waals surface area (Å²) in [7, 11) is 0.495. The van der Waals surface area contributed by atoms with Crippen molar-refractivity contribution in [2.45, 2.75) is 50.0 Å². The predicted molar refractivity (Wildman–Crippen MR) is 119 cm³/mol. The minimum atomic E-state index is 0.495. The lowest BCUT2D eigenvalue weighted by Crippen LogP contribution is -2.31. The third kappa shape index (κ3) is 3.52. The number of fused-ring (bicyclic) bond motifs is 3. The molecule has 0 amide bonds. The summed E-state index contributed by atoms with van der Waals surface area (Å²) in [6.45, 7) is 4.98. The summed E-state index contributed by atoms with van der Waals surface area (Å²) in [5.74, 6) is 2.81. The van der Waals surface area contributed by atoms with Gasteiger partial charge >= 0.3 is 0 Å². The molecule has 1 aromatic heterocycles. The van der Waals surface area contributed by atoms with Gasteiger partial charge in [-0.15, -0.1) is 0 Å². The number of nitrogens with zero attached hydrogens (tertiary/aromatic N) is 2. The molecule has 0 saturated carbocycles. The van der Waals surface area contributed by atoms with Crippen LogP contribution in [0.4, 0.5) is 0 Å². The van der Waals surface area contributed by atoms with Gasteiger partial charge in [0.2, 0.25) is 0 Å². The zero-order valence-electron chi connectivity index (χ0n) is 16.3. The van der Waals surface area contributed by atoms with Crippen LogP contribution in [0.2, 0.25) is 0 Å². The van der Waals surface area contributed by atoms with Crippen molar-refractivity contribution in [3.8, 4) is 0 Å². The molecule has 3 aromatic rings. The third-order valence-corrected chi connectivity index (χ3v) is 8.90. The summed E-state index contributed by atoms with van der Waals surface area (Å²) in [6, 6.07) is 16.4. The van der Waals surface area contributed by atoms with E-state index in [0.29, 0.717) is 10.9 Å². The fourth-order valence-electron chi connectivity index (χ4n) is 4.98. The predicted octanol–water partition coefficient (Wildman–Crippen LogP) is 5.44. The number of benzene rings is 2. The van der Waals surface area contributed by atoms with Crippen LogP contribution in [0.25, 0.3) is 21.8 Å². The Morgan fingerprint density at radius 3 is 2.37 bits per heavy atom. The second-order valence-electron chi connectivity index (χ2n) is 8.21. The van der Waals surface area contributed by atoms with Gasteiger partial charge in [0.1, 0.15) is 11.5 Å². The van der Waals surface area contributed by atoms with E-state index in [1.54, 1.807) is 4.90 Å². The van der Waals surface area contributed by atoms with Crippen LogP contribution in [0, 0.1) is 0 Å². The SMILES string of the molecule is c1ccc2c(c1)c1cc([S+]3CCCC3)ccc1n2CCCN1CCCCC1. The molecule has 2 aliphatic heterocycles. The number of rotatable bonds is 5. The summed E-state index contributed by atoms with van der Waals surface area (Å²) < 4.78 is 2.58. The Hall–Kier alpha value is -1.45. The molecule has 0 spiro atoms. The molecular formula is C24H31N2S+. The normalized spacial score (nSPS) is 19.4. The van der Waals surface area contributed by atoms with Gasteiger partial charge in [0.25, 0.3) is 0 Å². The summed E-state index contributed by atoms with van der Waals surface area (Å²) in [4.78, 5) is 4.26. The first-order chi connectivity index (χ1) is 13.4. The van der Waals surface area contributed by atoms with Crippen LogP contribution in [0.15, 0.2) is 47.4 Å². The van der Waals surface area contributed by atoms with E-state index in [0.717, 1.165) is 6.54 Å². The number of hydrogen-bond donors (Lipinski definition) is 0. The molecule has 0 bridgehead atoms. The molecule has 0 atom stereocenters. The van der Waals surface area contributed by atoms with Gasteiger partial charge in [-0.3, -0.25) is 0 Å². The van der Waals surface area contributed by atoms with E-state index in [2.05, 4.69) is 51.9 Å². The van der Waals surface area contributed by atoms with E-state index in [4.69, 9.17) is 0 Å². The molecule has 0 unspecified atom stereocenters. The molecule has 2 fully saturated rings. The summed E-state index contributed by atoms with van der Waals surface area (Å²) >= 11 is 0. The molecule has 0 N–H and O–H groups in total. The van der Waals surface area contributed by atoms with Crippen molar-refractivity contribution in [1.29, 1.82) is 0 Å². The van der Waals surface area contributed by atoms with Gasteiger partial charge in [-0.2, -0.15) is 0 Å². The second-order valence-corrected chi connectivity index (χ2v) is 10.5. The van der Waals surface area contributed by atoms with Gasteiger partial charge in [0.15, 0.2) is 4.90 Å². The topological polar surface area (TPSA) is 8.17 Å². The molecule has 2 saturated heterocycles. The lowest BCUT2D eigenvalue weighted by Gasteiger charge is -2.26. The van der Waals surface area contributed by atoms with Crippen LogP contribution in [0.1, 0.15) is 38.5 Å². The molecule has 2 aromatic carbocycles. The summed E-state index contributed by atoms with van der Waals surface area (Å²) in [6.07, 6.45) is 8.28. The number of aryl methyl sites for hydroxylation is 1. The van der Waals surface area contributed by atoms with Gasteiger partial charge in [-0.1, -0.05) is 24.6 Å². The Kier molecular flexibility index (Phi) is 5.15. The first-order valence-electron chi connectivity index (χ1n) is 10.8. The number of piperidine rings is 1. The Balaban J connectivity index is 1.44. The maximum atomic E-state index is 2.66.